The first kappa shape index (κ1) is 11.6. The number of hydrogen-bond acceptors (Lipinski definition) is 4. The lowest BCUT2D eigenvalue weighted by molar-refractivity contribution is 0.0370. The molecule has 1 rings (SSSR count). The summed E-state index contributed by atoms with van der Waals surface area (Å²) in [6, 6.07) is 0. The second-order valence-electron chi connectivity index (χ2n) is 3.45. The Balaban J connectivity index is 2.92. The minimum atomic E-state index is -0.183. The molecule has 0 fully saturated rings. The van der Waals surface area contributed by atoms with Gasteiger partial charge in [0, 0.05) is 18.7 Å². The highest BCUT2D eigenvalue weighted by Crippen LogP contribution is 2.27. The molecule has 0 saturated heterocycles. The van der Waals surface area contributed by atoms with E-state index in [0.717, 1.165) is 11.6 Å². The Bertz CT molecular complexity index is 263. The number of nitrogens with one attached hydrogen (secondary N) is 1. The summed E-state index contributed by atoms with van der Waals surface area (Å²) in [5.41, 5.74) is -0.183. The van der Waals surface area contributed by atoms with Gasteiger partial charge in [0.05, 0.1) is 11.6 Å². The van der Waals surface area contributed by atoms with Crippen LogP contribution in [0.1, 0.15) is 25.8 Å². The van der Waals surface area contributed by atoms with Crippen LogP contribution in [0.25, 0.3) is 0 Å². The van der Waals surface area contributed by atoms with Crippen LogP contribution < -0.4 is 5.32 Å². The fourth-order valence-electron chi connectivity index (χ4n) is 1.48. The molecule has 1 aromatic heterocycles. The largest absolute Gasteiger partial charge is 0.379 e. The minimum absolute atomic E-state index is 0.105. The van der Waals surface area contributed by atoms with Gasteiger partial charge >= 0.3 is 0 Å². The van der Waals surface area contributed by atoms with Crippen LogP contribution in [0.15, 0.2) is 11.6 Å². The first-order valence-corrected chi connectivity index (χ1v) is 5.71. The number of likely N-dealkylation sites (N-methyl/N-ethyl adjacent to an activating group) is 1. The summed E-state index contributed by atoms with van der Waals surface area (Å²) >= 11 is 1.66. The highest BCUT2D eigenvalue weighted by molar-refractivity contribution is 7.09. The molecule has 1 heterocycles. The highest BCUT2D eigenvalue weighted by atomic mass is 32.1. The molecule has 0 aliphatic carbocycles. The predicted octanol–water partition coefficient (Wildman–Crippen LogP) is 2.00. The van der Waals surface area contributed by atoms with Crippen molar-refractivity contribution < 1.29 is 4.74 Å². The summed E-state index contributed by atoms with van der Waals surface area (Å²) in [6.07, 6.45) is 1.94. The monoisotopic (exact) mass is 214 g/mol. The van der Waals surface area contributed by atoms with Gasteiger partial charge in [-0.25, -0.2) is 4.98 Å². The number of aromatic nitrogens is 1. The van der Waals surface area contributed by atoms with Gasteiger partial charge < -0.3 is 10.1 Å². The van der Waals surface area contributed by atoms with Gasteiger partial charge in [-0.3, -0.25) is 0 Å². The Labute approximate surface area is 89.5 Å². The standard InChI is InChI=1S/C10H18N2OS/c1-5-12-10(3,8(2)13-4)9-11-6-7-14-9/h6-8,12H,5H2,1-4H3. The summed E-state index contributed by atoms with van der Waals surface area (Å²) < 4.78 is 5.40. The van der Waals surface area contributed by atoms with E-state index in [0.29, 0.717) is 0 Å². The molecule has 0 aliphatic heterocycles. The van der Waals surface area contributed by atoms with Crippen LogP contribution >= 0.6 is 11.3 Å². The number of nitrogens with zero attached hydrogens (tertiary/aromatic N) is 1. The maximum Gasteiger partial charge on any atom is 0.115 e. The smallest absolute Gasteiger partial charge is 0.115 e. The van der Waals surface area contributed by atoms with Crippen LogP contribution in [0.5, 0.6) is 0 Å². The van der Waals surface area contributed by atoms with Gasteiger partial charge in [-0.1, -0.05) is 6.92 Å². The molecule has 4 heteroatoms. The lowest BCUT2D eigenvalue weighted by Crippen LogP contribution is -2.48. The Morgan fingerprint density at radius 2 is 2.43 bits per heavy atom. The van der Waals surface area contributed by atoms with Crippen molar-refractivity contribution >= 4 is 11.3 Å². The van der Waals surface area contributed by atoms with E-state index in [2.05, 4.69) is 31.1 Å². The van der Waals surface area contributed by atoms with Crippen LogP contribution in [0.4, 0.5) is 0 Å². The molecule has 2 unspecified atom stereocenters. The maximum absolute atomic E-state index is 5.40. The van der Waals surface area contributed by atoms with Crippen LogP contribution in [0.3, 0.4) is 0 Å². The van der Waals surface area contributed by atoms with Gasteiger partial charge in [0.15, 0.2) is 0 Å². The topological polar surface area (TPSA) is 34.2 Å². The number of methoxy groups -OCH3 is 1. The maximum atomic E-state index is 5.40. The van der Waals surface area contributed by atoms with Crippen molar-refractivity contribution in [1.29, 1.82) is 0 Å². The fourth-order valence-corrected chi connectivity index (χ4v) is 2.33. The van der Waals surface area contributed by atoms with Gasteiger partial charge in [0.25, 0.3) is 0 Å². The van der Waals surface area contributed by atoms with E-state index in [1.165, 1.54) is 0 Å². The molecule has 0 aliphatic rings. The van der Waals surface area contributed by atoms with Crippen molar-refractivity contribution in [2.75, 3.05) is 13.7 Å². The summed E-state index contributed by atoms with van der Waals surface area (Å²) in [5.74, 6) is 0. The van der Waals surface area contributed by atoms with E-state index in [9.17, 15) is 0 Å². The van der Waals surface area contributed by atoms with Crippen molar-refractivity contribution in [2.45, 2.75) is 32.4 Å². The quantitative estimate of drug-likeness (QED) is 0.814. The second kappa shape index (κ2) is 4.87. The molecule has 0 bridgehead atoms. The number of rotatable bonds is 5. The normalized spacial score (nSPS) is 17.7. The molecule has 0 saturated carbocycles. The van der Waals surface area contributed by atoms with Crippen molar-refractivity contribution in [2.24, 2.45) is 0 Å². The van der Waals surface area contributed by atoms with Gasteiger partial charge in [-0.15, -0.1) is 11.3 Å². The van der Waals surface area contributed by atoms with Crippen molar-refractivity contribution in [3.8, 4) is 0 Å². The molecule has 0 spiro atoms. The van der Waals surface area contributed by atoms with Crippen LogP contribution in [-0.2, 0) is 10.3 Å². The zero-order valence-electron chi connectivity index (χ0n) is 9.20. The Hall–Kier alpha value is -0.450. The van der Waals surface area contributed by atoms with E-state index in [1.54, 1.807) is 18.4 Å². The van der Waals surface area contributed by atoms with Crippen LogP contribution in [0, 0.1) is 0 Å². The molecule has 1 aromatic rings. The van der Waals surface area contributed by atoms with Crippen LogP contribution in [0.2, 0.25) is 0 Å². The van der Waals surface area contributed by atoms with Gasteiger partial charge in [-0.05, 0) is 20.4 Å². The highest BCUT2D eigenvalue weighted by Gasteiger charge is 2.34. The third kappa shape index (κ3) is 2.13. The third-order valence-corrected chi connectivity index (χ3v) is 3.60. The second-order valence-corrected chi connectivity index (χ2v) is 4.34. The zero-order valence-corrected chi connectivity index (χ0v) is 10.0. The minimum Gasteiger partial charge on any atom is -0.379 e. The first-order chi connectivity index (χ1) is 6.65. The van der Waals surface area contributed by atoms with E-state index < -0.39 is 0 Å². The van der Waals surface area contributed by atoms with E-state index in [4.69, 9.17) is 4.74 Å². The predicted molar refractivity (Wildman–Crippen MR) is 59.6 cm³/mol. The Kier molecular flexibility index (Phi) is 4.04. The number of thiazole rings is 1. The molecule has 1 N–H and O–H groups in total. The zero-order chi connectivity index (χ0) is 10.6. The molecule has 2 atom stereocenters. The van der Waals surface area contributed by atoms with Gasteiger partial charge in [0.2, 0.25) is 0 Å². The molecule has 0 radical (unpaired) electrons. The SMILES string of the molecule is CCNC(C)(c1nccs1)C(C)OC. The van der Waals surface area contributed by atoms with Gasteiger partial charge in [0.1, 0.15) is 5.01 Å². The van der Waals surface area contributed by atoms with Crippen molar-refractivity contribution in [3.05, 3.63) is 16.6 Å². The lowest BCUT2D eigenvalue weighted by Gasteiger charge is -2.33. The molecular weight excluding hydrogens is 196 g/mol. The Morgan fingerprint density at radius 3 is 2.86 bits per heavy atom. The lowest BCUT2D eigenvalue weighted by atomic mass is 9.96. The number of hydrogen-bond donors (Lipinski definition) is 1. The fraction of sp³-hybridized carbons (Fsp3) is 0.700. The van der Waals surface area contributed by atoms with Crippen LogP contribution in [-0.4, -0.2) is 24.7 Å². The summed E-state index contributed by atoms with van der Waals surface area (Å²) in [7, 11) is 1.73. The average molecular weight is 214 g/mol. The third-order valence-electron chi connectivity index (χ3n) is 2.59. The number of ether oxygens (including phenoxy) is 1. The van der Waals surface area contributed by atoms with E-state index in [-0.39, 0.29) is 11.6 Å². The van der Waals surface area contributed by atoms with E-state index in [1.807, 2.05) is 11.6 Å². The molecule has 14 heavy (non-hydrogen) atoms. The molecule has 0 amide bonds. The summed E-state index contributed by atoms with van der Waals surface area (Å²) in [5, 5.41) is 6.51. The van der Waals surface area contributed by atoms with Gasteiger partial charge in [-0.2, -0.15) is 0 Å². The molecule has 0 aromatic carbocycles. The van der Waals surface area contributed by atoms with E-state index >= 15 is 0 Å². The molecular formula is C10H18N2OS. The summed E-state index contributed by atoms with van der Waals surface area (Å²) in [6.45, 7) is 7.19. The first-order valence-electron chi connectivity index (χ1n) is 4.83. The average Bonchev–Trinajstić information content (AvgIpc) is 2.70. The molecule has 3 nitrogen and oxygen atoms in total. The summed E-state index contributed by atoms with van der Waals surface area (Å²) in [4.78, 5) is 4.35. The molecule has 80 valence electrons. The van der Waals surface area contributed by atoms with Crippen molar-refractivity contribution in [1.82, 2.24) is 10.3 Å². The van der Waals surface area contributed by atoms with Crippen molar-refractivity contribution in [3.63, 3.8) is 0 Å². The Morgan fingerprint density at radius 1 is 1.71 bits per heavy atom.